The number of benzene rings is 3. The van der Waals surface area contributed by atoms with E-state index in [1.807, 2.05) is 31.2 Å². The van der Waals surface area contributed by atoms with Crippen molar-refractivity contribution in [2.45, 2.75) is 11.8 Å². The molecule has 0 saturated heterocycles. The lowest BCUT2D eigenvalue weighted by Gasteiger charge is -2.09. The molecule has 3 aromatic rings. The fourth-order valence-corrected chi connectivity index (χ4v) is 3.58. The SMILES string of the molecule is Cc1cccc(/C=C/C(=O)Nc2ccc(-c3ccccc3S(N)(=O)=O)cc2)c1.N=N. The van der Waals surface area contributed by atoms with Gasteiger partial charge >= 0.3 is 0 Å². The number of sulfonamides is 1. The molecule has 1 amide bonds. The Bertz CT molecular complexity index is 1160. The van der Waals surface area contributed by atoms with Crippen LogP contribution in [0.1, 0.15) is 11.1 Å². The lowest BCUT2D eigenvalue weighted by Crippen LogP contribution is -2.13. The number of anilines is 1. The molecule has 0 aliphatic heterocycles. The predicted octanol–water partition coefficient (Wildman–Crippen LogP) is 4.56. The van der Waals surface area contributed by atoms with Crippen LogP contribution in [0.3, 0.4) is 0 Å². The van der Waals surface area contributed by atoms with Gasteiger partial charge in [-0.15, -0.1) is 0 Å². The van der Waals surface area contributed by atoms with E-state index in [2.05, 4.69) is 5.32 Å². The van der Waals surface area contributed by atoms with E-state index in [0.29, 0.717) is 16.8 Å². The summed E-state index contributed by atoms with van der Waals surface area (Å²) in [4.78, 5) is 12.2. The molecule has 7 nitrogen and oxygen atoms in total. The summed E-state index contributed by atoms with van der Waals surface area (Å²) in [6, 6.07) is 21.3. The first-order valence-corrected chi connectivity index (χ1v) is 10.4. The molecule has 0 heterocycles. The van der Waals surface area contributed by atoms with Gasteiger partial charge in [-0.25, -0.2) is 24.6 Å². The molecule has 0 aliphatic carbocycles. The zero-order valence-electron chi connectivity index (χ0n) is 16.3. The zero-order valence-corrected chi connectivity index (χ0v) is 17.1. The van der Waals surface area contributed by atoms with Gasteiger partial charge in [0, 0.05) is 17.3 Å². The molecule has 0 unspecified atom stereocenters. The summed E-state index contributed by atoms with van der Waals surface area (Å²) in [7, 11) is -3.83. The monoisotopic (exact) mass is 422 g/mol. The first kappa shape index (κ1) is 22.7. The molecular formula is C22H22N4O3S. The third kappa shape index (κ3) is 6.20. The van der Waals surface area contributed by atoms with Crippen molar-refractivity contribution < 1.29 is 13.2 Å². The lowest BCUT2D eigenvalue weighted by atomic mass is 10.1. The zero-order chi connectivity index (χ0) is 22.1. The van der Waals surface area contributed by atoms with Crippen molar-refractivity contribution >= 4 is 27.7 Å². The van der Waals surface area contributed by atoms with Crippen LogP contribution in [0.2, 0.25) is 0 Å². The Morgan fingerprint density at radius 1 is 0.967 bits per heavy atom. The van der Waals surface area contributed by atoms with Crippen molar-refractivity contribution in [1.82, 2.24) is 0 Å². The van der Waals surface area contributed by atoms with Crippen molar-refractivity contribution in [3.63, 3.8) is 0 Å². The van der Waals surface area contributed by atoms with Gasteiger partial charge in [0.2, 0.25) is 15.9 Å². The van der Waals surface area contributed by atoms with Crippen molar-refractivity contribution in [2.75, 3.05) is 5.32 Å². The maximum absolute atomic E-state index is 12.1. The summed E-state index contributed by atoms with van der Waals surface area (Å²) in [5.41, 5.74) is 13.9. The summed E-state index contributed by atoms with van der Waals surface area (Å²) in [5.74, 6) is -0.251. The number of amides is 1. The number of primary sulfonamides is 1. The number of hydrogen-bond acceptors (Lipinski definition) is 5. The van der Waals surface area contributed by atoms with E-state index in [1.54, 1.807) is 48.5 Å². The fraction of sp³-hybridized carbons (Fsp3) is 0.0455. The number of carbonyl (C=O) groups is 1. The van der Waals surface area contributed by atoms with E-state index in [4.69, 9.17) is 16.2 Å². The molecule has 154 valence electrons. The third-order valence-electron chi connectivity index (χ3n) is 4.13. The minimum Gasteiger partial charge on any atom is -0.323 e. The van der Waals surface area contributed by atoms with Crippen molar-refractivity contribution in [3.8, 4) is 11.1 Å². The maximum atomic E-state index is 12.1. The van der Waals surface area contributed by atoms with Crippen LogP contribution in [0.5, 0.6) is 0 Å². The van der Waals surface area contributed by atoms with Crippen LogP contribution in [-0.4, -0.2) is 14.3 Å². The molecule has 0 aromatic heterocycles. The van der Waals surface area contributed by atoms with E-state index >= 15 is 0 Å². The first-order chi connectivity index (χ1) is 14.3. The topological polar surface area (TPSA) is 137 Å². The average molecular weight is 423 g/mol. The van der Waals surface area contributed by atoms with Gasteiger partial charge < -0.3 is 5.32 Å². The first-order valence-electron chi connectivity index (χ1n) is 8.86. The van der Waals surface area contributed by atoms with Gasteiger partial charge in [0.15, 0.2) is 0 Å². The normalized spacial score (nSPS) is 10.9. The summed E-state index contributed by atoms with van der Waals surface area (Å²) in [6.07, 6.45) is 3.22. The summed E-state index contributed by atoms with van der Waals surface area (Å²) < 4.78 is 23.5. The van der Waals surface area contributed by atoms with Gasteiger partial charge in [0.1, 0.15) is 0 Å². The molecule has 0 saturated carbocycles. The smallest absolute Gasteiger partial charge is 0.248 e. The molecule has 0 radical (unpaired) electrons. The Balaban J connectivity index is 0.00000155. The summed E-state index contributed by atoms with van der Waals surface area (Å²) in [5, 5.41) is 8.07. The Labute approximate surface area is 175 Å². The number of nitrogens with two attached hydrogens (primary N) is 1. The van der Waals surface area contributed by atoms with Crippen LogP contribution in [0.15, 0.2) is 83.8 Å². The van der Waals surface area contributed by atoms with Crippen LogP contribution >= 0.6 is 0 Å². The minimum absolute atomic E-state index is 0.0628. The second-order valence-electron chi connectivity index (χ2n) is 6.36. The van der Waals surface area contributed by atoms with E-state index in [9.17, 15) is 13.2 Å². The Morgan fingerprint density at radius 3 is 2.27 bits per heavy atom. The molecule has 5 N–H and O–H groups in total. The number of carbonyl (C=O) groups excluding carboxylic acids is 1. The van der Waals surface area contributed by atoms with E-state index in [0.717, 1.165) is 11.1 Å². The molecule has 0 bridgehead atoms. The molecule has 3 aromatic carbocycles. The average Bonchev–Trinajstić information content (AvgIpc) is 2.74. The van der Waals surface area contributed by atoms with Crippen LogP contribution in [-0.2, 0) is 14.8 Å². The Morgan fingerprint density at radius 2 is 1.63 bits per heavy atom. The Hall–Kier alpha value is -3.62. The van der Waals surface area contributed by atoms with Gasteiger partial charge in [0.25, 0.3) is 0 Å². The van der Waals surface area contributed by atoms with Crippen LogP contribution in [0.4, 0.5) is 5.69 Å². The maximum Gasteiger partial charge on any atom is 0.248 e. The summed E-state index contributed by atoms with van der Waals surface area (Å²) >= 11 is 0. The van der Waals surface area contributed by atoms with Crippen LogP contribution < -0.4 is 10.5 Å². The van der Waals surface area contributed by atoms with Gasteiger partial charge in [-0.05, 0) is 42.3 Å². The molecule has 30 heavy (non-hydrogen) atoms. The highest BCUT2D eigenvalue weighted by molar-refractivity contribution is 7.89. The van der Waals surface area contributed by atoms with Gasteiger partial charge in [-0.3, -0.25) is 4.79 Å². The quantitative estimate of drug-likeness (QED) is 0.354. The highest BCUT2D eigenvalue weighted by atomic mass is 32.2. The Kier molecular flexibility index (Phi) is 7.74. The second-order valence-corrected chi connectivity index (χ2v) is 7.89. The van der Waals surface area contributed by atoms with E-state index in [1.165, 1.54) is 12.1 Å². The third-order valence-corrected chi connectivity index (χ3v) is 5.10. The number of rotatable bonds is 5. The molecule has 8 heteroatoms. The van der Waals surface area contributed by atoms with Crippen molar-refractivity contribution in [2.24, 2.45) is 5.14 Å². The molecular weight excluding hydrogens is 400 g/mol. The van der Waals surface area contributed by atoms with E-state index in [-0.39, 0.29) is 10.8 Å². The minimum atomic E-state index is -3.83. The van der Waals surface area contributed by atoms with Gasteiger partial charge in [-0.1, -0.05) is 60.2 Å². The highest BCUT2D eigenvalue weighted by Gasteiger charge is 2.14. The molecule has 0 aliphatic rings. The van der Waals surface area contributed by atoms with Crippen LogP contribution in [0, 0.1) is 18.0 Å². The number of hydrogen-bond donors (Lipinski definition) is 4. The fourth-order valence-electron chi connectivity index (χ4n) is 2.82. The van der Waals surface area contributed by atoms with Gasteiger partial charge in [-0.2, -0.15) is 0 Å². The van der Waals surface area contributed by atoms with E-state index < -0.39 is 10.0 Å². The van der Waals surface area contributed by atoms with Crippen molar-refractivity contribution in [3.05, 3.63) is 90.0 Å². The molecule has 0 atom stereocenters. The van der Waals surface area contributed by atoms with Crippen molar-refractivity contribution in [1.29, 1.82) is 11.1 Å². The lowest BCUT2D eigenvalue weighted by molar-refractivity contribution is -0.111. The van der Waals surface area contributed by atoms with Gasteiger partial charge in [0.05, 0.1) is 4.90 Å². The number of aryl methyl sites for hydroxylation is 1. The largest absolute Gasteiger partial charge is 0.323 e. The highest BCUT2D eigenvalue weighted by Crippen LogP contribution is 2.27. The second kappa shape index (κ2) is 10.2. The predicted molar refractivity (Wildman–Crippen MR) is 118 cm³/mol. The molecule has 0 fully saturated rings. The van der Waals surface area contributed by atoms with Crippen LogP contribution in [0.25, 0.3) is 17.2 Å². The standard InChI is InChI=1S/C22H20N2O3S.H2N2/c1-16-5-4-6-17(15-16)9-14-22(25)24-19-12-10-18(11-13-19)20-7-2-3-8-21(20)28(23,26)27;1-2/h2-15H,1H3,(H,24,25)(H2,23,26,27);1-2H/b14-9+;. The summed E-state index contributed by atoms with van der Waals surface area (Å²) in [6.45, 7) is 1.99. The molecule has 3 rings (SSSR count). The molecule has 0 spiro atoms. The number of nitrogens with one attached hydrogen (secondary N) is 3.